The number of carbonyl (C=O) groups is 1. The Labute approximate surface area is 134 Å². The van der Waals surface area contributed by atoms with E-state index in [1.165, 1.54) is 13.3 Å². The summed E-state index contributed by atoms with van der Waals surface area (Å²) in [6.07, 6.45) is 1.35. The first-order valence-electron chi connectivity index (χ1n) is 7.08. The van der Waals surface area contributed by atoms with Gasteiger partial charge in [-0.15, -0.1) is 0 Å². The van der Waals surface area contributed by atoms with E-state index in [0.717, 1.165) is 0 Å². The fraction of sp³-hybridized carbons (Fsp3) is 0.176. The molecule has 2 aromatic rings. The molecular weight excluding hydrogens is 296 g/mol. The molecule has 0 aliphatic carbocycles. The number of benzene rings is 2. The largest absolute Gasteiger partial charge is 0.504 e. The Morgan fingerprint density at radius 3 is 2.70 bits per heavy atom. The van der Waals surface area contributed by atoms with Crippen LogP contribution in [0.2, 0.25) is 0 Å². The quantitative estimate of drug-likeness (QED) is 0.634. The van der Waals surface area contributed by atoms with Crippen LogP contribution in [0.4, 0.5) is 0 Å². The molecule has 0 radical (unpaired) electrons. The second-order valence-corrected chi connectivity index (χ2v) is 4.53. The zero-order chi connectivity index (χ0) is 16.7. The molecule has 1 amide bonds. The maximum Gasteiger partial charge on any atom is 0.275 e. The van der Waals surface area contributed by atoms with E-state index >= 15 is 0 Å². The summed E-state index contributed by atoms with van der Waals surface area (Å²) in [6, 6.07) is 11.9. The number of hydrazone groups is 1. The number of methoxy groups -OCH3 is 1. The van der Waals surface area contributed by atoms with Gasteiger partial charge in [-0.2, -0.15) is 5.10 Å². The SMILES string of the molecule is CCOc1cccc(/C=N/NC(=O)c2ccccc2OC)c1O. The molecule has 0 aromatic heterocycles. The number of nitrogens with one attached hydrogen (secondary N) is 1. The van der Waals surface area contributed by atoms with Gasteiger partial charge in [0.2, 0.25) is 0 Å². The fourth-order valence-electron chi connectivity index (χ4n) is 1.97. The molecule has 2 aromatic carbocycles. The number of nitrogens with zero attached hydrogens (tertiary/aromatic N) is 1. The molecule has 0 spiro atoms. The van der Waals surface area contributed by atoms with Crippen LogP contribution in [0.5, 0.6) is 17.2 Å². The normalized spacial score (nSPS) is 10.5. The zero-order valence-corrected chi connectivity index (χ0v) is 12.9. The van der Waals surface area contributed by atoms with Crippen LogP contribution in [0, 0.1) is 0 Å². The van der Waals surface area contributed by atoms with Crippen LogP contribution in [-0.2, 0) is 0 Å². The van der Waals surface area contributed by atoms with Gasteiger partial charge >= 0.3 is 0 Å². The van der Waals surface area contributed by atoms with E-state index < -0.39 is 5.91 Å². The highest BCUT2D eigenvalue weighted by Gasteiger charge is 2.10. The summed E-state index contributed by atoms with van der Waals surface area (Å²) in [6.45, 7) is 2.27. The monoisotopic (exact) mass is 314 g/mol. The number of phenols is 1. The number of hydrogen-bond donors (Lipinski definition) is 2. The highest BCUT2D eigenvalue weighted by molar-refractivity contribution is 5.97. The zero-order valence-electron chi connectivity index (χ0n) is 12.9. The van der Waals surface area contributed by atoms with Crippen molar-refractivity contribution in [2.75, 3.05) is 13.7 Å². The molecule has 0 heterocycles. The Balaban J connectivity index is 2.10. The first-order valence-corrected chi connectivity index (χ1v) is 7.08. The molecular formula is C17H18N2O4. The highest BCUT2D eigenvalue weighted by atomic mass is 16.5. The number of ether oxygens (including phenoxy) is 2. The van der Waals surface area contributed by atoms with Crippen LogP contribution in [0.15, 0.2) is 47.6 Å². The third-order valence-electron chi connectivity index (χ3n) is 3.05. The van der Waals surface area contributed by atoms with Gasteiger partial charge in [-0.05, 0) is 31.2 Å². The van der Waals surface area contributed by atoms with E-state index in [4.69, 9.17) is 9.47 Å². The Kier molecular flexibility index (Phi) is 5.57. The van der Waals surface area contributed by atoms with Gasteiger partial charge in [0, 0.05) is 5.56 Å². The highest BCUT2D eigenvalue weighted by Crippen LogP contribution is 2.28. The summed E-state index contributed by atoms with van der Waals surface area (Å²) < 4.78 is 10.4. The summed E-state index contributed by atoms with van der Waals surface area (Å²) in [7, 11) is 1.49. The van der Waals surface area contributed by atoms with Crippen molar-refractivity contribution in [1.29, 1.82) is 0 Å². The van der Waals surface area contributed by atoms with Crippen molar-refractivity contribution in [3.8, 4) is 17.2 Å². The van der Waals surface area contributed by atoms with Crippen LogP contribution in [-0.4, -0.2) is 30.9 Å². The van der Waals surface area contributed by atoms with E-state index in [9.17, 15) is 9.90 Å². The van der Waals surface area contributed by atoms with Crippen LogP contribution >= 0.6 is 0 Å². The summed E-state index contributed by atoms with van der Waals surface area (Å²) >= 11 is 0. The lowest BCUT2D eigenvalue weighted by Gasteiger charge is -2.07. The number of carbonyl (C=O) groups excluding carboxylic acids is 1. The van der Waals surface area contributed by atoms with Gasteiger partial charge < -0.3 is 14.6 Å². The van der Waals surface area contributed by atoms with Crippen molar-refractivity contribution in [3.05, 3.63) is 53.6 Å². The van der Waals surface area contributed by atoms with Gasteiger partial charge in [-0.3, -0.25) is 4.79 Å². The molecule has 0 saturated carbocycles. The molecule has 0 saturated heterocycles. The second kappa shape index (κ2) is 7.84. The lowest BCUT2D eigenvalue weighted by atomic mass is 10.2. The van der Waals surface area contributed by atoms with Gasteiger partial charge in [-0.25, -0.2) is 5.43 Å². The maximum absolute atomic E-state index is 12.1. The van der Waals surface area contributed by atoms with E-state index in [-0.39, 0.29) is 5.75 Å². The minimum atomic E-state index is -0.404. The Hall–Kier alpha value is -3.02. The fourth-order valence-corrected chi connectivity index (χ4v) is 1.97. The first kappa shape index (κ1) is 16.4. The predicted octanol–water partition coefficient (Wildman–Crippen LogP) is 2.56. The van der Waals surface area contributed by atoms with Crippen LogP contribution in [0.25, 0.3) is 0 Å². The Bertz CT molecular complexity index is 713. The average molecular weight is 314 g/mol. The summed E-state index contributed by atoms with van der Waals surface area (Å²) in [5.74, 6) is 0.401. The van der Waals surface area contributed by atoms with E-state index in [0.29, 0.717) is 29.2 Å². The molecule has 0 fully saturated rings. The third kappa shape index (κ3) is 4.00. The Morgan fingerprint density at radius 1 is 1.22 bits per heavy atom. The maximum atomic E-state index is 12.1. The van der Waals surface area contributed by atoms with Crippen molar-refractivity contribution in [2.24, 2.45) is 5.10 Å². The minimum absolute atomic E-state index is 0.0235. The minimum Gasteiger partial charge on any atom is -0.504 e. The molecule has 0 aliphatic heterocycles. The summed E-state index contributed by atoms with van der Waals surface area (Å²) in [5.41, 5.74) is 3.21. The Morgan fingerprint density at radius 2 is 1.96 bits per heavy atom. The van der Waals surface area contributed by atoms with Gasteiger partial charge in [0.15, 0.2) is 11.5 Å². The smallest absolute Gasteiger partial charge is 0.275 e. The molecule has 23 heavy (non-hydrogen) atoms. The van der Waals surface area contributed by atoms with Crippen molar-refractivity contribution >= 4 is 12.1 Å². The van der Waals surface area contributed by atoms with Gasteiger partial charge in [0.05, 0.1) is 25.5 Å². The standard InChI is InChI=1S/C17H18N2O4/c1-3-23-15-10-6-7-12(16(15)20)11-18-19-17(21)13-8-4-5-9-14(13)22-2/h4-11,20H,3H2,1-2H3,(H,19,21)/b18-11+. The molecule has 120 valence electrons. The van der Waals surface area contributed by atoms with Crippen LogP contribution < -0.4 is 14.9 Å². The lowest BCUT2D eigenvalue weighted by Crippen LogP contribution is -2.18. The first-order chi connectivity index (χ1) is 11.2. The van der Waals surface area contributed by atoms with Crippen molar-refractivity contribution in [3.63, 3.8) is 0 Å². The molecule has 6 heteroatoms. The average Bonchev–Trinajstić information content (AvgIpc) is 2.58. The molecule has 0 bridgehead atoms. The molecule has 0 unspecified atom stereocenters. The van der Waals surface area contributed by atoms with E-state index in [2.05, 4.69) is 10.5 Å². The van der Waals surface area contributed by atoms with E-state index in [1.54, 1.807) is 42.5 Å². The van der Waals surface area contributed by atoms with Crippen LogP contribution in [0.1, 0.15) is 22.8 Å². The lowest BCUT2D eigenvalue weighted by molar-refractivity contribution is 0.0952. The number of para-hydroxylation sites is 2. The molecule has 0 aliphatic rings. The van der Waals surface area contributed by atoms with Crippen molar-refractivity contribution < 1.29 is 19.4 Å². The van der Waals surface area contributed by atoms with Gasteiger partial charge in [0.25, 0.3) is 5.91 Å². The molecule has 2 N–H and O–H groups in total. The van der Waals surface area contributed by atoms with Gasteiger partial charge in [0.1, 0.15) is 5.75 Å². The topological polar surface area (TPSA) is 80.2 Å². The van der Waals surface area contributed by atoms with E-state index in [1.807, 2.05) is 6.92 Å². The van der Waals surface area contributed by atoms with Crippen molar-refractivity contribution in [2.45, 2.75) is 6.92 Å². The summed E-state index contributed by atoms with van der Waals surface area (Å²) in [5, 5.41) is 13.9. The number of amides is 1. The van der Waals surface area contributed by atoms with Gasteiger partial charge in [-0.1, -0.05) is 18.2 Å². The second-order valence-electron chi connectivity index (χ2n) is 4.53. The predicted molar refractivity (Wildman–Crippen MR) is 87.3 cm³/mol. The molecule has 2 rings (SSSR count). The number of hydrogen-bond acceptors (Lipinski definition) is 5. The van der Waals surface area contributed by atoms with Crippen LogP contribution in [0.3, 0.4) is 0 Å². The summed E-state index contributed by atoms with van der Waals surface area (Å²) in [4.78, 5) is 12.1. The third-order valence-corrected chi connectivity index (χ3v) is 3.05. The van der Waals surface area contributed by atoms with Crippen molar-refractivity contribution in [1.82, 2.24) is 5.43 Å². The number of phenolic OH excluding ortho intramolecular Hbond substituents is 1. The molecule has 0 atom stereocenters. The number of aromatic hydroxyl groups is 1. The molecule has 6 nitrogen and oxygen atoms in total. The number of rotatable bonds is 6.